The van der Waals surface area contributed by atoms with Crippen LogP contribution in [0.5, 0.6) is 0 Å². The summed E-state index contributed by atoms with van der Waals surface area (Å²) in [6.45, 7) is 5.05. The normalized spacial score (nSPS) is 11.9. The summed E-state index contributed by atoms with van der Waals surface area (Å²) < 4.78 is 9.72. The maximum Gasteiger partial charge on any atom is 0.408 e. The second kappa shape index (κ2) is 9.56. The van der Waals surface area contributed by atoms with Crippen LogP contribution in [0.1, 0.15) is 44.0 Å². The van der Waals surface area contributed by atoms with Crippen molar-refractivity contribution in [1.29, 1.82) is 0 Å². The fourth-order valence-electron chi connectivity index (χ4n) is 2.04. The molecule has 2 amide bonds. The van der Waals surface area contributed by atoms with E-state index in [2.05, 4.69) is 15.4 Å². The number of carboxylic acid groups (broad SMARTS) is 1. The third kappa shape index (κ3) is 8.21. The molecule has 0 saturated heterocycles. The first-order chi connectivity index (χ1) is 12.5. The Morgan fingerprint density at radius 3 is 2.19 bits per heavy atom. The van der Waals surface area contributed by atoms with Gasteiger partial charge in [0.25, 0.3) is 0 Å². The van der Waals surface area contributed by atoms with E-state index in [0.29, 0.717) is 5.69 Å². The van der Waals surface area contributed by atoms with Gasteiger partial charge in [0.2, 0.25) is 5.91 Å². The van der Waals surface area contributed by atoms with Crippen LogP contribution in [0.2, 0.25) is 0 Å². The van der Waals surface area contributed by atoms with E-state index < -0.39 is 35.6 Å². The van der Waals surface area contributed by atoms with E-state index in [-0.39, 0.29) is 18.4 Å². The average molecular weight is 380 g/mol. The number of ether oxygens (including phenoxy) is 2. The Kier molecular flexibility index (Phi) is 7.77. The quantitative estimate of drug-likeness (QED) is 0.618. The van der Waals surface area contributed by atoms with Crippen LogP contribution in [0, 0.1) is 0 Å². The minimum absolute atomic E-state index is 0.00492. The molecule has 9 nitrogen and oxygen atoms in total. The predicted octanol–water partition coefficient (Wildman–Crippen LogP) is 2.17. The summed E-state index contributed by atoms with van der Waals surface area (Å²) in [7, 11) is 1.18. The Morgan fingerprint density at radius 1 is 1.11 bits per heavy atom. The molecule has 1 rings (SSSR count). The second-order valence-electron chi connectivity index (χ2n) is 6.69. The molecule has 1 aromatic rings. The van der Waals surface area contributed by atoms with Gasteiger partial charge >= 0.3 is 18.0 Å². The molecule has 148 valence electrons. The van der Waals surface area contributed by atoms with Crippen LogP contribution in [0.4, 0.5) is 10.5 Å². The molecule has 0 saturated carbocycles. The number of methoxy groups -OCH3 is 1. The van der Waals surface area contributed by atoms with Gasteiger partial charge in [0.15, 0.2) is 0 Å². The van der Waals surface area contributed by atoms with Crippen molar-refractivity contribution in [3.05, 3.63) is 29.8 Å². The number of rotatable bonds is 7. The van der Waals surface area contributed by atoms with E-state index in [1.165, 1.54) is 31.4 Å². The first-order valence-corrected chi connectivity index (χ1v) is 8.22. The number of carbonyl (C=O) groups is 4. The molecule has 0 unspecified atom stereocenters. The first-order valence-electron chi connectivity index (χ1n) is 8.22. The zero-order valence-electron chi connectivity index (χ0n) is 15.7. The van der Waals surface area contributed by atoms with Crippen LogP contribution in [-0.4, -0.2) is 47.8 Å². The van der Waals surface area contributed by atoms with Crippen molar-refractivity contribution in [2.75, 3.05) is 12.4 Å². The van der Waals surface area contributed by atoms with Gasteiger partial charge in [-0.25, -0.2) is 14.4 Å². The number of nitrogens with one attached hydrogen (secondary N) is 2. The molecule has 27 heavy (non-hydrogen) atoms. The topological polar surface area (TPSA) is 131 Å². The summed E-state index contributed by atoms with van der Waals surface area (Å²) >= 11 is 0. The van der Waals surface area contributed by atoms with Crippen molar-refractivity contribution >= 4 is 29.6 Å². The highest BCUT2D eigenvalue weighted by molar-refractivity contribution is 5.93. The van der Waals surface area contributed by atoms with Gasteiger partial charge in [0.1, 0.15) is 11.6 Å². The van der Waals surface area contributed by atoms with Crippen molar-refractivity contribution in [2.45, 2.75) is 45.3 Å². The highest BCUT2D eigenvalue weighted by Gasteiger charge is 2.25. The molecule has 0 bridgehead atoms. The molecular weight excluding hydrogens is 356 g/mol. The molecule has 0 fully saturated rings. The van der Waals surface area contributed by atoms with Crippen LogP contribution in [0.15, 0.2) is 24.3 Å². The number of alkyl carbamates (subject to hydrolysis) is 1. The number of benzene rings is 1. The number of hydrogen-bond acceptors (Lipinski definition) is 6. The lowest BCUT2D eigenvalue weighted by atomic mass is 10.1. The summed E-state index contributed by atoms with van der Waals surface area (Å²) in [4.78, 5) is 46.5. The lowest BCUT2D eigenvalue weighted by molar-refractivity contribution is -0.143. The largest absolute Gasteiger partial charge is 0.478 e. The third-order valence-corrected chi connectivity index (χ3v) is 3.25. The van der Waals surface area contributed by atoms with E-state index in [4.69, 9.17) is 9.84 Å². The summed E-state index contributed by atoms with van der Waals surface area (Å²) in [5.41, 5.74) is -0.218. The average Bonchev–Trinajstić information content (AvgIpc) is 2.56. The van der Waals surface area contributed by atoms with Gasteiger partial charge in [-0.3, -0.25) is 4.79 Å². The molecule has 0 spiro atoms. The van der Waals surface area contributed by atoms with Crippen molar-refractivity contribution in [2.24, 2.45) is 0 Å². The smallest absolute Gasteiger partial charge is 0.408 e. The molecule has 1 atom stereocenters. The Bertz CT molecular complexity index is 693. The van der Waals surface area contributed by atoms with Gasteiger partial charge in [0, 0.05) is 12.1 Å². The molecule has 0 heterocycles. The lowest BCUT2D eigenvalue weighted by Crippen LogP contribution is -2.44. The first kappa shape index (κ1) is 21.9. The molecule has 0 aromatic heterocycles. The summed E-state index contributed by atoms with van der Waals surface area (Å²) in [5, 5.41) is 13.8. The van der Waals surface area contributed by atoms with E-state index in [0.717, 1.165) is 0 Å². The van der Waals surface area contributed by atoms with E-state index in [1.807, 2.05) is 0 Å². The number of carboxylic acids is 1. The number of carbonyl (C=O) groups excluding carboxylic acids is 3. The summed E-state index contributed by atoms with van der Waals surface area (Å²) in [6.07, 6.45) is -0.858. The zero-order valence-corrected chi connectivity index (χ0v) is 15.7. The molecule has 9 heteroatoms. The predicted molar refractivity (Wildman–Crippen MR) is 96.4 cm³/mol. The number of amides is 2. The minimum Gasteiger partial charge on any atom is -0.478 e. The van der Waals surface area contributed by atoms with Crippen molar-refractivity contribution in [1.82, 2.24) is 5.32 Å². The Hall–Kier alpha value is -3.10. The summed E-state index contributed by atoms with van der Waals surface area (Å²) in [5.74, 6) is -2.17. The van der Waals surface area contributed by atoms with E-state index in [9.17, 15) is 19.2 Å². The van der Waals surface area contributed by atoms with E-state index in [1.54, 1.807) is 20.8 Å². The number of hydrogen-bond donors (Lipinski definition) is 3. The number of anilines is 1. The van der Waals surface area contributed by atoms with Gasteiger partial charge in [-0.2, -0.15) is 0 Å². The molecule has 0 aliphatic heterocycles. The summed E-state index contributed by atoms with van der Waals surface area (Å²) in [6, 6.07) is 4.60. The van der Waals surface area contributed by atoms with Crippen LogP contribution in [0.3, 0.4) is 0 Å². The van der Waals surface area contributed by atoms with Crippen LogP contribution in [-0.2, 0) is 19.1 Å². The molecule has 0 radical (unpaired) electrons. The number of esters is 1. The highest BCUT2D eigenvalue weighted by atomic mass is 16.6. The zero-order chi connectivity index (χ0) is 20.6. The van der Waals surface area contributed by atoms with E-state index >= 15 is 0 Å². The Balaban J connectivity index is 2.61. The maximum absolute atomic E-state index is 12.0. The Morgan fingerprint density at radius 2 is 1.70 bits per heavy atom. The SMILES string of the molecule is COC(=O)[C@H](CCC(=O)Nc1ccc(C(=O)O)cc1)NC(=O)OC(C)(C)C. The molecule has 0 aliphatic rings. The van der Waals surface area contributed by atoms with Crippen molar-refractivity contribution in [3.63, 3.8) is 0 Å². The van der Waals surface area contributed by atoms with Crippen LogP contribution >= 0.6 is 0 Å². The lowest BCUT2D eigenvalue weighted by Gasteiger charge is -2.22. The Labute approximate surface area is 157 Å². The highest BCUT2D eigenvalue weighted by Crippen LogP contribution is 2.12. The van der Waals surface area contributed by atoms with Gasteiger partial charge in [-0.05, 0) is 51.5 Å². The van der Waals surface area contributed by atoms with Gasteiger partial charge in [0.05, 0.1) is 12.7 Å². The van der Waals surface area contributed by atoms with Crippen LogP contribution < -0.4 is 10.6 Å². The van der Waals surface area contributed by atoms with Gasteiger partial charge in [-0.15, -0.1) is 0 Å². The van der Waals surface area contributed by atoms with Gasteiger partial charge in [-0.1, -0.05) is 0 Å². The standard InChI is InChI=1S/C18H24N2O7/c1-18(2,3)27-17(25)20-13(16(24)26-4)9-10-14(21)19-12-7-5-11(6-8-12)15(22)23/h5-8,13H,9-10H2,1-4H3,(H,19,21)(H,20,25)(H,22,23)/t13-/m0/s1. The third-order valence-electron chi connectivity index (χ3n) is 3.25. The van der Waals surface area contributed by atoms with Crippen LogP contribution in [0.25, 0.3) is 0 Å². The number of aromatic carboxylic acids is 1. The van der Waals surface area contributed by atoms with Crippen molar-refractivity contribution < 1.29 is 33.8 Å². The fourth-order valence-corrected chi connectivity index (χ4v) is 2.04. The molecular formula is C18H24N2O7. The molecule has 1 aromatic carbocycles. The fraction of sp³-hybridized carbons (Fsp3) is 0.444. The maximum atomic E-state index is 12.0. The second-order valence-corrected chi connectivity index (χ2v) is 6.69. The van der Waals surface area contributed by atoms with Gasteiger partial charge < -0.3 is 25.2 Å². The van der Waals surface area contributed by atoms with Crippen molar-refractivity contribution in [3.8, 4) is 0 Å². The monoisotopic (exact) mass is 380 g/mol. The minimum atomic E-state index is -1.07. The molecule has 3 N–H and O–H groups in total. The molecule has 0 aliphatic carbocycles.